The molecule has 1 atom stereocenters. The quantitative estimate of drug-likeness (QED) is 0.774. The molecule has 0 aromatic heterocycles. The number of rotatable bonds is 5. The topological polar surface area (TPSA) is 83.6 Å². The van der Waals surface area contributed by atoms with Crippen molar-refractivity contribution in [3.05, 3.63) is 0 Å². The predicted molar refractivity (Wildman–Crippen MR) is 69.1 cm³/mol. The fourth-order valence-corrected chi connectivity index (χ4v) is 2.20. The highest BCUT2D eigenvalue weighted by Gasteiger charge is 2.37. The molecule has 104 valence electrons. The molecule has 1 fully saturated rings. The van der Waals surface area contributed by atoms with Gasteiger partial charge in [0.1, 0.15) is 0 Å². The number of carbonyl (C=O) groups is 2. The fraction of sp³-hybridized carbons (Fsp3) is 0.846. The molecular formula is C13H24N2O3. The van der Waals surface area contributed by atoms with E-state index < -0.39 is 11.4 Å². The summed E-state index contributed by atoms with van der Waals surface area (Å²) in [5.41, 5.74) is 4.97. The van der Waals surface area contributed by atoms with E-state index in [1.165, 1.54) is 0 Å². The summed E-state index contributed by atoms with van der Waals surface area (Å²) >= 11 is 0. The van der Waals surface area contributed by atoms with Crippen molar-refractivity contribution in [2.75, 3.05) is 13.1 Å². The molecular weight excluding hydrogens is 232 g/mol. The number of carboxylic acids is 1. The van der Waals surface area contributed by atoms with Crippen molar-refractivity contribution >= 4 is 11.9 Å². The van der Waals surface area contributed by atoms with Crippen LogP contribution in [0.25, 0.3) is 0 Å². The second-order valence-electron chi connectivity index (χ2n) is 5.62. The summed E-state index contributed by atoms with van der Waals surface area (Å²) in [6.45, 7) is 4.80. The van der Waals surface area contributed by atoms with Crippen LogP contribution in [-0.4, -0.2) is 41.0 Å². The summed E-state index contributed by atoms with van der Waals surface area (Å²) < 4.78 is 0. The molecule has 1 unspecified atom stereocenters. The van der Waals surface area contributed by atoms with Crippen LogP contribution in [0.5, 0.6) is 0 Å². The van der Waals surface area contributed by atoms with Crippen LogP contribution < -0.4 is 5.73 Å². The summed E-state index contributed by atoms with van der Waals surface area (Å²) in [6.07, 6.45) is 3.27. The van der Waals surface area contributed by atoms with E-state index in [2.05, 4.69) is 0 Å². The van der Waals surface area contributed by atoms with E-state index in [-0.39, 0.29) is 11.9 Å². The lowest BCUT2D eigenvalue weighted by molar-refractivity contribution is -0.153. The zero-order chi connectivity index (χ0) is 13.8. The molecule has 0 aliphatic carbocycles. The monoisotopic (exact) mass is 256 g/mol. The number of hydrogen-bond acceptors (Lipinski definition) is 3. The van der Waals surface area contributed by atoms with E-state index in [0.29, 0.717) is 32.4 Å². The number of likely N-dealkylation sites (tertiary alicyclic amines) is 1. The van der Waals surface area contributed by atoms with Gasteiger partial charge in [0.15, 0.2) is 0 Å². The zero-order valence-electron chi connectivity index (χ0n) is 11.3. The number of aliphatic carboxylic acids is 1. The summed E-state index contributed by atoms with van der Waals surface area (Å²) in [4.78, 5) is 24.8. The maximum Gasteiger partial charge on any atom is 0.309 e. The van der Waals surface area contributed by atoms with Crippen molar-refractivity contribution in [3.8, 4) is 0 Å². The summed E-state index contributed by atoms with van der Waals surface area (Å²) in [6, 6.07) is 0.134. The van der Waals surface area contributed by atoms with Crippen molar-refractivity contribution in [2.24, 2.45) is 11.1 Å². The van der Waals surface area contributed by atoms with Gasteiger partial charge in [0.05, 0.1) is 5.41 Å². The third-order valence-corrected chi connectivity index (χ3v) is 3.79. The normalized spacial score (nSPS) is 20.5. The molecule has 0 radical (unpaired) electrons. The van der Waals surface area contributed by atoms with Gasteiger partial charge in [0.2, 0.25) is 5.91 Å². The minimum absolute atomic E-state index is 0.128. The second kappa shape index (κ2) is 6.18. The lowest BCUT2D eigenvalue weighted by Gasteiger charge is -2.36. The van der Waals surface area contributed by atoms with E-state index >= 15 is 0 Å². The van der Waals surface area contributed by atoms with Gasteiger partial charge in [0.25, 0.3) is 0 Å². The van der Waals surface area contributed by atoms with Gasteiger partial charge in [-0.05, 0) is 39.5 Å². The Hall–Kier alpha value is -1.10. The van der Waals surface area contributed by atoms with Crippen LogP contribution in [0.4, 0.5) is 0 Å². The first-order valence-corrected chi connectivity index (χ1v) is 6.62. The number of carboxylic acid groups (broad SMARTS) is 1. The van der Waals surface area contributed by atoms with E-state index in [1.54, 1.807) is 11.8 Å². The van der Waals surface area contributed by atoms with E-state index in [4.69, 9.17) is 10.8 Å². The van der Waals surface area contributed by atoms with Gasteiger partial charge in [-0.1, -0.05) is 0 Å². The molecule has 0 spiro atoms. The molecule has 1 saturated heterocycles. The van der Waals surface area contributed by atoms with Gasteiger partial charge in [-0.15, -0.1) is 0 Å². The highest BCUT2D eigenvalue weighted by molar-refractivity contribution is 5.78. The van der Waals surface area contributed by atoms with E-state index in [9.17, 15) is 9.59 Å². The molecule has 1 aliphatic heterocycles. The van der Waals surface area contributed by atoms with E-state index in [0.717, 1.165) is 12.8 Å². The van der Waals surface area contributed by atoms with Gasteiger partial charge >= 0.3 is 5.97 Å². The SMILES string of the molecule is CC(N)CCCC(=O)N1CCC(C)(C(=O)O)CC1. The van der Waals surface area contributed by atoms with Crippen LogP contribution in [0.1, 0.15) is 46.0 Å². The maximum absolute atomic E-state index is 11.9. The molecule has 5 nitrogen and oxygen atoms in total. The summed E-state index contributed by atoms with van der Waals surface area (Å²) in [5.74, 6) is -0.630. The number of nitrogens with two attached hydrogens (primary N) is 1. The van der Waals surface area contributed by atoms with Crippen LogP contribution in [0, 0.1) is 5.41 Å². The molecule has 0 saturated carbocycles. The molecule has 5 heteroatoms. The third kappa shape index (κ3) is 3.98. The smallest absolute Gasteiger partial charge is 0.309 e. The van der Waals surface area contributed by atoms with Gasteiger partial charge in [-0.2, -0.15) is 0 Å². The Balaban J connectivity index is 2.34. The first-order chi connectivity index (χ1) is 8.35. The van der Waals surface area contributed by atoms with Crippen molar-refractivity contribution in [1.29, 1.82) is 0 Å². The molecule has 3 N–H and O–H groups in total. The van der Waals surface area contributed by atoms with Crippen LogP contribution >= 0.6 is 0 Å². The zero-order valence-corrected chi connectivity index (χ0v) is 11.3. The van der Waals surface area contributed by atoms with Gasteiger partial charge < -0.3 is 15.7 Å². The molecule has 1 aliphatic rings. The minimum atomic E-state index is -0.758. The molecule has 18 heavy (non-hydrogen) atoms. The molecule has 1 rings (SSSR count). The van der Waals surface area contributed by atoms with Gasteiger partial charge in [-0.25, -0.2) is 0 Å². The second-order valence-corrected chi connectivity index (χ2v) is 5.62. The Morgan fingerprint density at radius 1 is 1.39 bits per heavy atom. The largest absolute Gasteiger partial charge is 0.481 e. The molecule has 1 heterocycles. The Morgan fingerprint density at radius 2 is 1.94 bits per heavy atom. The minimum Gasteiger partial charge on any atom is -0.481 e. The molecule has 0 aromatic carbocycles. The van der Waals surface area contributed by atoms with Crippen LogP contribution in [0.15, 0.2) is 0 Å². The van der Waals surface area contributed by atoms with Crippen molar-refractivity contribution in [3.63, 3.8) is 0 Å². The highest BCUT2D eigenvalue weighted by Crippen LogP contribution is 2.31. The fourth-order valence-electron chi connectivity index (χ4n) is 2.20. The number of amides is 1. The van der Waals surface area contributed by atoms with Crippen molar-refractivity contribution < 1.29 is 14.7 Å². The first-order valence-electron chi connectivity index (χ1n) is 6.62. The lowest BCUT2D eigenvalue weighted by Crippen LogP contribution is -2.45. The average Bonchev–Trinajstić information content (AvgIpc) is 2.29. The maximum atomic E-state index is 11.9. The molecule has 1 amide bonds. The lowest BCUT2D eigenvalue weighted by atomic mass is 9.80. The van der Waals surface area contributed by atoms with Crippen LogP contribution in [0.2, 0.25) is 0 Å². The number of piperidine rings is 1. The Morgan fingerprint density at radius 3 is 2.39 bits per heavy atom. The number of hydrogen-bond donors (Lipinski definition) is 2. The third-order valence-electron chi connectivity index (χ3n) is 3.79. The Labute approximate surface area is 108 Å². The predicted octanol–water partition coefficient (Wildman–Crippen LogP) is 1.22. The van der Waals surface area contributed by atoms with Gasteiger partial charge in [-0.3, -0.25) is 9.59 Å². The Kier molecular flexibility index (Phi) is 5.14. The number of nitrogens with zero attached hydrogens (tertiary/aromatic N) is 1. The summed E-state index contributed by atoms with van der Waals surface area (Å²) in [7, 11) is 0. The van der Waals surface area contributed by atoms with Crippen LogP contribution in [0.3, 0.4) is 0 Å². The molecule has 0 bridgehead atoms. The first kappa shape index (κ1) is 15.0. The number of carbonyl (C=O) groups excluding carboxylic acids is 1. The Bertz CT molecular complexity index is 307. The van der Waals surface area contributed by atoms with E-state index in [1.807, 2.05) is 6.92 Å². The average molecular weight is 256 g/mol. The molecule has 0 aromatic rings. The summed E-state index contributed by atoms with van der Waals surface area (Å²) in [5, 5.41) is 9.11. The van der Waals surface area contributed by atoms with Crippen molar-refractivity contribution in [2.45, 2.75) is 52.0 Å². The van der Waals surface area contributed by atoms with Crippen LogP contribution in [-0.2, 0) is 9.59 Å². The van der Waals surface area contributed by atoms with Gasteiger partial charge in [0, 0.05) is 25.6 Å². The highest BCUT2D eigenvalue weighted by atomic mass is 16.4. The standard InChI is InChI=1S/C13H24N2O3/c1-10(14)4-3-5-11(16)15-8-6-13(2,7-9-15)12(17)18/h10H,3-9,14H2,1-2H3,(H,17,18). The van der Waals surface area contributed by atoms with Crippen molar-refractivity contribution in [1.82, 2.24) is 4.90 Å².